The van der Waals surface area contributed by atoms with Crippen LogP contribution in [-0.4, -0.2) is 34.8 Å². The van der Waals surface area contributed by atoms with Crippen LogP contribution in [0.15, 0.2) is 21.7 Å². The maximum atomic E-state index is 12.0. The zero-order chi connectivity index (χ0) is 12.4. The van der Waals surface area contributed by atoms with E-state index < -0.39 is 0 Å². The summed E-state index contributed by atoms with van der Waals surface area (Å²) in [5.74, 6) is 0.121. The molecule has 92 valence electrons. The van der Waals surface area contributed by atoms with Crippen LogP contribution in [0.1, 0.15) is 23.9 Å². The maximum Gasteiger partial charge on any atom is 0.289 e. The zero-order valence-electron chi connectivity index (χ0n) is 9.39. The quantitative estimate of drug-likeness (QED) is 0.619. The van der Waals surface area contributed by atoms with Crippen LogP contribution in [0.5, 0.6) is 0 Å². The molecule has 0 spiro atoms. The van der Waals surface area contributed by atoms with E-state index in [2.05, 4.69) is 5.16 Å². The molecule has 1 aromatic heterocycles. The number of amides is 1. The van der Waals surface area contributed by atoms with Gasteiger partial charge in [0.25, 0.3) is 5.91 Å². The second kappa shape index (κ2) is 4.79. The molecule has 0 bridgehead atoms. The van der Waals surface area contributed by atoms with Gasteiger partial charge >= 0.3 is 0 Å². The summed E-state index contributed by atoms with van der Waals surface area (Å²) >= 11 is 5.63. The molecular formula is C11H13ClN2O3. The Morgan fingerprint density at radius 1 is 1.65 bits per heavy atom. The molecule has 1 N–H and O–H groups in total. The van der Waals surface area contributed by atoms with Gasteiger partial charge < -0.3 is 14.5 Å². The van der Waals surface area contributed by atoms with Crippen molar-refractivity contribution in [1.29, 1.82) is 0 Å². The van der Waals surface area contributed by atoms with Crippen molar-refractivity contribution in [1.82, 2.24) is 4.90 Å². The van der Waals surface area contributed by atoms with E-state index in [0.717, 1.165) is 5.71 Å². The largest absolute Gasteiger partial charge is 0.440 e. The minimum atomic E-state index is -0.180. The number of hydrogen-bond donors (Lipinski definition) is 1. The van der Waals surface area contributed by atoms with Crippen LogP contribution in [0.4, 0.5) is 0 Å². The average Bonchev–Trinajstić information content (AvgIpc) is 2.75. The fourth-order valence-corrected chi connectivity index (χ4v) is 2.09. The number of rotatable bonds is 1. The highest BCUT2D eigenvalue weighted by Crippen LogP contribution is 2.19. The van der Waals surface area contributed by atoms with Crippen LogP contribution >= 0.6 is 11.6 Å². The molecule has 1 aliphatic heterocycles. The van der Waals surface area contributed by atoms with E-state index in [9.17, 15) is 4.79 Å². The van der Waals surface area contributed by atoms with Crippen LogP contribution in [0.3, 0.4) is 0 Å². The lowest BCUT2D eigenvalue weighted by Crippen LogP contribution is -2.43. The molecule has 1 aliphatic rings. The summed E-state index contributed by atoms with van der Waals surface area (Å²) in [4.78, 5) is 13.7. The van der Waals surface area contributed by atoms with E-state index in [1.165, 1.54) is 0 Å². The summed E-state index contributed by atoms with van der Waals surface area (Å²) in [6.45, 7) is 2.97. The van der Waals surface area contributed by atoms with Crippen molar-refractivity contribution < 1.29 is 14.4 Å². The monoisotopic (exact) mass is 256 g/mol. The highest BCUT2D eigenvalue weighted by atomic mass is 35.5. The molecule has 5 nitrogen and oxygen atoms in total. The van der Waals surface area contributed by atoms with E-state index in [4.69, 9.17) is 21.2 Å². The normalized spacial score (nSPS) is 23.1. The van der Waals surface area contributed by atoms with Crippen molar-refractivity contribution in [3.8, 4) is 0 Å². The van der Waals surface area contributed by atoms with E-state index in [0.29, 0.717) is 19.5 Å². The van der Waals surface area contributed by atoms with Gasteiger partial charge in [0.05, 0.1) is 5.71 Å². The predicted molar refractivity (Wildman–Crippen MR) is 62.6 cm³/mol. The van der Waals surface area contributed by atoms with E-state index in [-0.39, 0.29) is 22.8 Å². The van der Waals surface area contributed by atoms with Gasteiger partial charge in [-0.1, -0.05) is 12.1 Å². The Morgan fingerprint density at radius 2 is 2.41 bits per heavy atom. The van der Waals surface area contributed by atoms with Crippen molar-refractivity contribution in [3.05, 3.63) is 23.1 Å². The van der Waals surface area contributed by atoms with Gasteiger partial charge in [0.1, 0.15) is 0 Å². The lowest BCUT2D eigenvalue weighted by molar-refractivity contribution is 0.0702. The van der Waals surface area contributed by atoms with Crippen molar-refractivity contribution >= 4 is 23.2 Å². The number of carbonyl (C=O) groups is 1. The Kier molecular flexibility index (Phi) is 3.38. The number of oxime groups is 1. The first kappa shape index (κ1) is 12.0. The van der Waals surface area contributed by atoms with Gasteiger partial charge in [-0.2, -0.15) is 0 Å². The van der Waals surface area contributed by atoms with Crippen molar-refractivity contribution in [2.75, 3.05) is 13.1 Å². The second-order valence-corrected chi connectivity index (χ2v) is 4.47. The molecule has 1 aromatic rings. The molecule has 1 fully saturated rings. The Balaban J connectivity index is 2.07. The third-order valence-electron chi connectivity index (χ3n) is 2.90. The molecule has 1 atom stereocenters. The van der Waals surface area contributed by atoms with E-state index in [1.54, 1.807) is 17.0 Å². The number of carbonyl (C=O) groups excluding carboxylic acids is 1. The highest BCUT2D eigenvalue weighted by molar-refractivity contribution is 6.29. The molecular weight excluding hydrogens is 244 g/mol. The second-order valence-electron chi connectivity index (χ2n) is 4.10. The van der Waals surface area contributed by atoms with Crippen LogP contribution in [0.2, 0.25) is 5.22 Å². The standard InChI is InChI=1S/C11H13ClN2O3/c1-7-6-14(5-4-8(7)13-16)11(15)9-2-3-10(12)17-9/h2-3,7,16H,4-6H2,1H3/b13-8+. The summed E-state index contributed by atoms with van der Waals surface area (Å²) in [6.07, 6.45) is 0.581. The number of nitrogens with zero attached hydrogens (tertiary/aromatic N) is 2. The number of hydrogen-bond acceptors (Lipinski definition) is 4. The van der Waals surface area contributed by atoms with Crippen molar-refractivity contribution in [3.63, 3.8) is 0 Å². The van der Waals surface area contributed by atoms with Crippen LogP contribution in [0, 0.1) is 5.92 Å². The van der Waals surface area contributed by atoms with Crippen LogP contribution in [-0.2, 0) is 0 Å². The Hall–Kier alpha value is -1.49. The fourth-order valence-electron chi connectivity index (χ4n) is 1.94. The van der Waals surface area contributed by atoms with Gasteiger partial charge in [0.2, 0.25) is 0 Å². The molecule has 6 heteroatoms. The molecule has 0 aromatic carbocycles. The summed E-state index contributed by atoms with van der Waals surface area (Å²) in [6, 6.07) is 3.10. The first-order valence-electron chi connectivity index (χ1n) is 5.37. The molecule has 0 aliphatic carbocycles. The van der Waals surface area contributed by atoms with Gasteiger partial charge in [-0.25, -0.2) is 0 Å². The lowest BCUT2D eigenvalue weighted by atomic mass is 9.97. The Bertz CT molecular complexity index is 455. The molecule has 0 saturated carbocycles. The van der Waals surface area contributed by atoms with Crippen LogP contribution < -0.4 is 0 Å². The van der Waals surface area contributed by atoms with Gasteiger partial charge in [-0.15, -0.1) is 0 Å². The van der Waals surface area contributed by atoms with Crippen molar-refractivity contribution in [2.24, 2.45) is 11.1 Å². The van der Waals surface area contributed by atoms with Crippen molar-refractivity contribution in [2.45, 2.75) is 13.3 Å². The van der Waals surface area contributed by atoms with Gasteiger partial charge in [0, 0.05) is 25.4 Å². The number of furan rings is 1. The number of piperidine rings is 1. The summed E-state index contributed by atoms with van der Waals surface area (Å²) in [5.41, 5.74) is 0.728. The van der Waals surface area contributed by atoms with Gasteiger partial charge in [-0.3, -0.25) is 4.79 Å². The molecule has 17 heavy (non-hydrogen) atoms. The third kappa shape index (κ3) is 2.44. The molecule has 1 saturated heterocycles. The Morgan fingerprint density at radius 3 is 2.94 bits per heavy atom. The molecule has 2 heterocycles. The van der Waals surface area contributed by atoms with Crippen LogP contribution in [0.25, 0.3) is 0 Å². The summed E-state index contributed by atoms with van der Waals surface area (Å²) in [7, 11) is 0. The number of likely N-dealkylation sites (tertiary alicyclic amines) is 1. The lowest BCUT2D eigenvalue weighted by Gasteiger charge is -2.30. The van der Waals surface area contributed by atoms with E-state index in [1.807, 2.05) is 6.92 Å². The maximum absolute atomic E-state index is 12.0. The fraction of sp³-hybridized carbons (Fsp3) is 0.455. The molecule has 1 unspecified atom stereocenters. The molecule has 2 rings (SSSR count). The Labute approximate surface area is 104 Å². The highest BCUT2D eigenvalue weighted by Gasteiger charge is 2.27. The predicted octanol–water partition coefficient (Wildman–Crippen LogP) is 2.25. The summed E-state index contributed by atoms with van der Waals surface area (Å²) in [5, 5.41) is 12.2. The topological polar surface area (TPSA) is 66.0 Å². The minimum Gasteiger partial charge on any atom is -0.440 e. The first-order valence-corrected chi connectivity index (χ1v) is 5.75. The van der Waals surface area contributed by atoms with Gasteiger partial charge in [-0.05, 0) is 23.7 Å². The SMILES string of the molecule is CC1CN(C(=O)c2ccc(Cl)o2)CC/C1=N\O. The smallest absolute Gasteiger partial charge is 0.289 e. The van der Waals surface area contributed by atoms with Gasteiger partial charge in [0.15, 0.2) is 11.0 Å². The first-order chi connectivity index (χ1) is 8.11. The van der Waals surface area contributed by atoms with E-state index >= 15 is 0 Å². The molecule has 1 amide bonds. The third-order valence-corrected chi connectivity index (χ3v) is 3.10. The number of halogens is 1. The summed E-state index contributed by atoms with van der Waals surface area (Å²) < 4.78 is 5.08. The zero-order valence-corrected chi connectivity index (χ0v) is 10.1. The minimum absolute atomic E-state index is 0.0585. The molecule has 0 radical (unpaired) electrons. The average molecular weight is 257 g/mol.